The van der Waals surface area contributed by atoms with E-state index in [0.29, 0.717) is 6.42 Å². The average molecular weight is 214 g/mol. The lowest BCUT2D eigenvalue weighted by molar-refractivity contribution is -0.0333. The van der Waals surface area contributed by atoms with E-state index in [-0.39, 0.29) is 29.5 Å². The topological polar surface area (TPSA) is 20.2 Å². The molecule has 1 nitrogen and oxygen atoms in total. The summed E-state index contributed by atoms with van der Waals surface area (Å²) in [6.07, 6.45) is 3.27. The van der Waals surface area contributed by atoms with Crippen LogP contribution in [0.3, 0.4) is 0 Å². The van der Waals surface area contributed by atoms with Gasteiger partial charge in [0.1, 0.15) is 0 Å². The molecule has 0 aromatic rings. The number of halogens is 3. The van der Waals surface area contributed by atoms with Crippen LogP contribution >= 0.6 is 11.8 Å². The van der Waals surface area contributed by atoms with E-state index >= 15 is 0 Å². The first-order valence-electron chi connectivity index (χ1n) is 4.29. The second-order valence-corrected chi connectivity index (χ2v) is 4.72. The highest BCUT2D eigenvalue weighted by atomic mass is 32.2. The average Bonchev–Trinajstić information content (AvgIpc) is 1.92. The van der Waals surface area contributed by atoms with Gasteiger partial charge in [-0.2, -0.15) is 13.2 Å². The van der Waals surface area contributed by atoms with Gasteiger partial charge in [0, 0.05) is 12.4 Å². The van der Waals surface area contributed by atoms with Crippen molar-refractivity contribution in [3.63, 3.8) is 0 Å². The number of rotatable bonds is 4. The summed E-state index contributed by atoms with van der Waals surface area (Å²) in [6, 6.07) is 0. The normalized spacial score (nSPS) is 21.2. The molecule has 1 fully saturated rings. The van der Waals surface area contributed by atoms with Gasteiger partial charge in [-0.05, 0) is 24.7 Å². The van der Waals surface area contributed by atoms with E-state index in [1.807, 2.05) is 0 Å². The van der Waals surface area contributed by atoms with Gasteiger partial charge in [0.15, 0.2) is 0 Å². The summed E-state index contributed by atoms with van der Waals surface area (Å²) in [6.45, 7) is 0.0332. The maximum atomic E-state index is 11.8. The third kappa shape index (κ3) is 3.38. The van der Waals surface area contributed by atoms with E-state index in [0.717, 1.165) is 19.3 Å². The van der Waals surface area contributed by atoms with E-state index in [1.54, 1.807) is 0 Å². The van der Waals surface area contributed by atoms with E-state index in [2.05, 4.69) is 0 Å². The maximum Gasteiger partial charge on any atom is 0.441 e. The molecule has 1 saturated carbocycles. The molecule has 78 valence electrons. The van der Waals surface area contributed by atoms with Gasteiger partial charge >= 0.3 is 5.51 Å². The van der Waals surface area contributed by atoms with Crippen LogP contribution in [0.4, 0.5) is 13.2 Å². The van der Waals surface area contributed by atoms with Crippen LogP contribution in [0.15, 0.2) is 0 Å². The van der Waals surface area contributed by atoms with E-state index in [1.165, 1.54) is 0 Å². The van der Waals surface area contributed by atoms with Crippen molar-refractivity contribution in [1.82, 2.24) is 0 Å². The minimum Gasteiger partial charge on any atom is -0.396 e. The first-order chi connectivity index (χ1) is 5.97. The fraction of sp³-hybridized carbons (Fsp3) is 1.00. The monoisotopic (exact) mass is 214 g/mol. The van der Waals surface area contributed by atoms with E-state index < -0.39 is 5.51 Å². The zero-order valence-electron chi connectivity index (χ0n) is 7.23. The number of hydrogen-bond acceptors (Lipinski definition) is 2. The molecule has 1 rings (SSSR count). The molecular formula is C8H13F3OS. The van der Waals surface area contributed by atoms with Gasteiger partial charge in [0.25, 0.3) is 0 Å². The number of aliphatic hydroxyl groups is 1. The first-order valence-corrected chi connectivity index (χ1v) is 5.28. The van der Waals surface area contributed by atoms with Crippen molar-refractivity contribution in [3.8, 4) is 0 Å². The minimum atomic E-state index is -4.12. The van der Waals surface area contributed by atoms with Gasteiger partial charge in [-0.15, -0.1) is 0 Å². The molecule has 0 aliphatic heterocycles. The largest absolute Gasteiger partial charge is 0.441 e. The summed E-state index contributed by atoms with van der Waals surface area (Å²) >= 11 is 0.0140. The van der Waals surface area contributed by atoms with Crippen LogP contribution in [0.1, 0.15) is 25.7 Å². The second kappa shape index (κ2) is 4.09. The van der Waals surface area contributed by atoms with Crippen molar-refractivity contribution in [2.45, 2.75) is 31.2 Å². The van der Waals surface area contributed by atoms with Gasteiger partial charge in [0.05, 0.1) is 0 Å². The van der Waals surface area contributed by atoms with Crippen LogP contribution in [0, 0.1) is 5.41 Å². The molecule has 0 bridgehead atoms. The smallest absolute Gasteiger partial charge is 0.396 e. The third-order valence-corrected chi connectivity index (χ3v) is 3.38. The zero-order chi connectivity index (χ0) is 9.95. The van der Waals surface area contributed by atoms with Crippen LogP contribution in [0.5, 0.6) is 0 Å². The highest BCUT2D eigenvalue weighted by Crippen LogP contribution is 2.45. The number of aliphatic hydroxyl groups excluding tert-OH is 1. The Morgan fingerprint density at radius 1 is 1.31 bits per heavy atom. The summed E-state index contributed by atoms with van der Waals surface area (Å²) in [5.41, 5.74) is -4.31. The summed E-state index contributed by atoms with van der Waals surface area (Å²) in [7, 11) is 0. The standard InChI is InChI=1S/C8H13F3OS/c9-8(10,11)13-5-4-7(6-12)2-1-3-7/h12H,1-6H2. The van der Waals surface area contributed by atoms with Crippen molar-refractivity contribution >= 4 is 11.8 Å². The highest BCUT2D eigenvalue weighted by Gasteiger charge is 2.37. The molecule has 0 heterocycles. The van der Waals surface area contributed by atoms with Crippen molar-refractivity contribution in [1.29, 1.82) is 0 Å². The Hall–Kier alpha value is 0.100. The predicted molar refractivity (Wildman–Crippen MR) is 46.5 cm³/mol. The Kier molecular flexibility index (Phi) is 3.51. The molecule has 1 aliphatic rings. The van der Waals surface area contributed by atoms with Crippen molar-refractivity contribution in [2.75, 3.05) is 12.4 Å². The number of alkyl halides is 3. The van der Waals surface area contributed by atoms with Gasteiger partial charge < -0.3 is 5.11 Å². The molecular weight excluding hydrogens is 201 g/mol. The Morgan fingerprint density at radius 2 is 1.92 bits per heavy atom. The predicted octanol–water partition coefficient (Wildman–Crippen LogP) is 2.79. The fourth-order valence-electron chi connectivity index (χ4n) is 1.55. The van der Waals surface area contributed by atoms with Crippen molar-refractivity contribution in [2.24, 2.45) is 5.41 Å². The molecule has 0 aromatic carbocycles. The van der Waals surface area contributed by atoms with E-state index in [4.69, 9.17) is 5.11 Å². The van der Waals surface area contributed by atoms with Crippen LogP contribution in [-0.2, 0) is 0 Å². The summed E-state index contributed by atoms with van der Waals surface area (Å²) in [4.78, 5) is 0. The lowest BCUT2D eigenvalue weighted by atomic mass is 9.68. The molecule has 0 amide bonds. The molecule has 1 aliphatic carbocycles. The summed E-state index contributed by atoms with van der Waals surface area (Å²) in [5, 5.41) is 8.98. The molecule has 0 unspecified atom stereocenters. The van der Waals surface area contributed by atoms with Crippen LogP contribution in [-0.4, -0.2) is 23.0 Å². The molecule has 0 aromatic heterocycles. The minimum absolute atomic E-state index is 0.0140. The SMILES string of the molecule is OCC1(CCSC(F)(F)F)CCC1. The Morgan fingerprint density at radius 3 is 2.23 bits per heavy atom. The van der Waals surface area contributed by atoms with Crippen LogP contribution in [0.2, 0.25) is 0 Å². The molecule has 0 spiro atoms. The first kappa shape index (κ1) is 11.2. The Labute approximate surface area is 79.7 Å². The molecule has 5 heteroatoms. The zero-order valence-corrected chi connectivity index (χ0v) is 8.05. The van der Waals surface area contributed by atoms with Gasteiger partial charge in [0.2, 0.25) is 0 Å². The number of hydrogen-bond donors (Lipinski definition) is 1. The third-order valence-electron chi connectivity index (χ3n) is 2.65. The molecule has 0 saturated heterocycles. The van der Waals surface area contributed by atoms with Crippen molar-refractivity contribution < 1.29 is 18.3 Å². The van der Waals surface area contributed by atoms with Crippen LogP contribution < -0.4 is 0 Å². The molecule has 0 atom stereocenters. The summed E-state index contributed by atoms with van der Waals surface area (Å²) in [5.74, 6) is 0.0735. The summed E-state index contributed by atoms with van der Waals surface area (Å²) < 4.78 is 35.3. The highest BCUT2D eigenvalue weighted by molar-refractivity contribution is 8.00. The maximum absolute atomic E-state index is 11.8. The van der Waals surface area contributed by atoms with Crippen LogP contribution in [0.25, 0.3) is 0 Å². The molecule has 0 radical (unpaired) electrons. The fourth-order valence-corrected chi connectivity index (χ4v) is 2.31. The second-order valence-electron chi connectivity index (χ2n) is 3.56. The molecule has 13 heavy (non-hydrogen) atoms. The van der Waals surface area contributed by atoms with E-state index in [9.17, 15) is 13.2 Å². The lowest BCUT2D eigenvalue weighted by Crippen LogP contribution is -2.34. The Balaban J connectivity index is 2.18. The lowest BCUT2D eigenvalue weighted by Gasteiger charge is -2.40. The quantitative estimate of drug-likeness (QED) is 0.776. The van der Waals surface area contributed by atoms with Gasteiger partial charge in [-0.3, -0.25) is 0 Å². The molecule has 1 N–H and O–H groups in total. The van der Waals surface area contributed by atoms with Gasteiger partial charge in [-0.1, -0.05) is 18.2 Å². The Bertz CT molecular complexity index is 160. The van der Waals surface area contributed by atoms with Crippen molar-refractivity contribution in [3.05, 3.63) is 0 Å². The number of thioether (sulfide) groups is 1. The van der Waals surface area contributed by atoms with Gasteiger partial charge in [-0.25, -0.2) is 0 Å².